The summed E-state index contributed by atoms with van der Waals surface area (Å²) in [5.41, 5.74) is 0. The molecule has 0 bridgehead atoms. The van der Waals surface area contributed by atoms with Crippen LogP contribution in [0.15, 0.2) is 0 Å². The van der Waals surface area contributed by atoms with Crippen LogP contribution in [0.4, 0.5) is 0 Å². The van der Waals surface area contributed by atoms with Gasteiger partial charge in [-0.1, -0.05) is 27.7 Å². The summed E-state index contributed by atoms with van der Waals surface area (Å²) in [5.74, 6) is -0.969. The molecule has 2 unspecified atom stereocenters. The predicted octanol–water partition coefficient (Wildman–Crippen LogP) is 0.386. The van der Waals surface area contributed by atoms with E-state index < -0.39 is 6.04 Å². The molecule has 0 radical (unpaired) electrons. The van der Waals surface area contributed by atoms with Gasteiger partial charge in [0.25, 0.3) is 0 Å². The van der Waals surface area contributed by atoms with Crippen LogP contribution in [0.1, 0.15) is 47.0 Å². The third-order valence-corrected chi connectivity index (χ3v) is 7.48. The van der Waals surface area contributed by atoms with E-state index in [4.69, 9.17) is 37.9 Å². The number of imide groups is 1. The van der Waals surface area contributed by atoms with Crippen molar-refractivity contribution in [1.29, 1.82) is 0 Å². The van der Waals surface area contributed by atoms with Gasteiger partial charge in [0, 0.05) is 38.3 Å². The summed E-state index contributed by atoms with van der Waals surface area (Å²) in [4.78, 5) is 60.2. The lowest BCUT2D eigenvalue weighted by molar-refractivity contribution is -0.140. The molecule has 50 heavy (non-hydrogen) atoms. The lowest BCUT2D eigenvalue weighted by Gasteiger charge is -2.16. The van der Waals surface area contributed by atoms with Crippen LogP contribution in [0, 0.1) is 17.8 Å². The fourth-order valence-electron chi connectivity index (χ4n) is 4.45. The molecule has 0 aromatic rings. The van der Waals surface area contributed by atoms with Crippen molar-refractivity contribution in [1.82, 2.24) is 15.5 Å². The topological polar surface area (TPSA) is 186 Å². The smallest absolute Gasteiger partial charge is 0.233 e. The molecular weight excluding hydrogens is 658 g/mol. The summed E-state index contributed by atoms with van der Waals surface area (Å²) in [6.07, 6.45) is 1.24. The average molecular weight is 720 g/mol. The molecule has 0 spiro atoms. The molecule has 1 rings (SSSR count). The highest BCUT2D eigenvalue weighted by atomic mass is 16.6. The molecule has 2 N–H and O–H groups in total. The van der Waals surface area contributed by atoms with Crippen molar-refractivity contribution in [2.24, 2.45) is 17.8 Å². The largest absolute Gasteiger partial charge is 0.379 e. The van der Waals surface area contributed by atoms with Crippen LogP contribution >= 0.6 is 0 Å². The van der Waals surface area contributed by atoms with Gasteiger partial charge in [0.1, 0.15) is 6.29 Å². The average Bonchev–Trinajstić information content (AvgIpc) is 3.38. The van der Waals surface area contributed by atoms with E-state index in [1.54, 1.807) is 0 Å². The number of ether oxygens (including phenoxy) is 8. The second-order valence-electron chi connectivity index (χ2n) is 12.2. The van der Waals surface area contributed by atoms with Crippen molar-refractivity contribution in [3.63, 3.8) is 0 Å². The first kappa shape index (κ1) is 45.5. The highest BCUT2D eigenvalue weighted by molar-refractivity contribution is 6.03. The molecule has 0 saturated carbocycles. The number of hydrogen-bond acceptors (Lipinski definition) is 13. The van der Waals surface area contributed by atoms with Gasteiger partial charge in [-0.2, -0.15) is 0 Å². The Hall–Kier alpha value is -2.57. The molecular formula is C34H61N3O13. The van der Waals surface area contributed by atoms with Gasteiger partial charge in [-0.3, -0.25) is 24.1 Å². The highest BCUT2D eigenvalue weighted by Crippen LogP contribution is 2.26. The van der Waals surface area contributed by atoms with Crippen LogP contribution in [-0.4, -0.2) is 160 Å². The van der Waals surface area contributed by atoms with Crippen LogP contribution in [0.5, 0.6) is 0 Å². The van der Waals surface area contributed by atoms with Gasteiger partial charge >= 0.3 is 0 Å². The number of nitrogens with zero attached hydrogens (tertiary/aromatic N) is 1. The Labute approximate surface area is 296 Å². The van der Waals surface area contributed by atoms with E-state index in [0.29, 0.717) is 106 Å². The maximum atomic E-state index is 12.3. The molecule has 1 fully saturated rings. The molecule has 0 aromatic carbocycles. The van der Waals surface area contributed by atoms with Gasteiger partial charge in [-0.25, -0.2) is 0 Å². The number of carbonyl (C=O) groups is 5. The summed E-state index contributed by atoms with van der Waals surface area (Å²) < 4.78 is 43.5. The predicted molar refractivity (Wildman–Crippen MR) is 181 cm³/mol. The van der Waals surface area contributed by atoms with E-state index in [9.17, 15) is 24.0 Å². The summed E-state index contributed by atoms with van der Waals surface area (Å²) in [5, 5.41) is 5.39. The van der Waals surface area contributed by atoms with Crippen LogP contribution in [0.3, 0.4) is 0 Å². The van der Waals surface area contributed by atoms with Crippen molar-refractivity contribution in [3.8, 4) is 0 Å². The van der Waals surface area contributed by atoms with Crippen molar-refractivity contribution in [2.45, 2.75) is 53.0 Å². The Morgan fingerprint density at radius 3 is 1.46 bits per heavy atom. The molecule has 0 aromatic heterocycles. The van der Waals surface area contributed by atoms with Gasteiger partial charge in [0.2, 0.25) is 23.6 Å². The fourth-order valence-corrected chi connectivity index (χ4v) is 4.45. The van der Waals surface area contributed by atoms with Crippen molar-refractivity contribution < 1.29 is 61.9 Å². The van der Waals surface area contributed by atoms with Crippen LogP contribution in [0.2, 0.25) is 0 Å². The van der Waals surface area contributed by atoms with Crippen molar-refractivity contribution >= 4 is 29.9 Å². The summed E-state index contributed by atoms with van der Waals surface area (Å²) in [6, 6.07) is -0.474. The fraction of sp³-hybridized carbons (Fsp3) is 0.853. The zero-order valence-corrected chi connectivity index (χ0v) is 30.5. The Kier molecular flexibility index (Phi) is 27.4. The molecule has 4 amide bonds. The van der Waals surface area contributed by atoms with Gasteiger partial charge in [0.05, 0.1) is 112 Å². The lowest BCUT2D eigenvalue weighted by Crippen LogP contribution is -2.40. The van der Waals surface area contributed by atoms with Crippen molar-refractivity contribution in [3.05, 3.63) is 0 Å². The van der Waals surface area contributed by atoms with Crippen LogP contribution in [-0.2, 0) is 61.9 Å². The third kappa shape index (κ3) is 23.0. The monoisotopic (exact) mass is 719 g/mol. The first-order chi connectivity index (χ1) is 24.2. The molecule has 16 nitrogen and oxygen atoms in total. The van der Waals surface area contributed by atoms with E-state index in [0.717, 1.165) is 6.29 Å². The zero-order valence-electron chi connectivity index (χ0n) is 30.5. The van der Waals surface area contributed by atoms with E-state index in [1.165, 1.54) is 4.90 Å². The zero-order chi connectivity index (χ0) is 36.8. The Morgan fingerprint density at radius 2 is 1.08 bits per heavy atom. The second kappa shape index (κ2) is 30.1. The van der Waals surface area contributed by atoms with Crippen LogP contribution in [0.25, 0.3) is 0 Å². The highest BCUT2D eigenvalue weighted by Gasteiger charge is 2.39. The number of nitrogens with one attached hydrogen (secondary N) is 2. The standard InChI is InChI=1S/C34H61N3O13/c1-27(2)29-25-33(41)37(34(29)42)8-5-31(39)35-7-10-44-12-14-46-16-18-48-20-22-50-24-23-49-21-19-47-17-15-45-13-11-43-9-6-32(40)36-30(26-38)28(3)4/h26-30H,5-25H2,1-4H3,(H,35,39)(H,36,40). The lowest BCUT2D eigenvalue weighted by atomic mass is 9.94. The molecule has 0 aliphatic carbocycles. The van der Waals surface area contributed by atoms with Gasteiger partial charge in [-0.05, 0) is 11.8 Å². The maximum absolute atomic E-state index is 12.3. The molecule has 290 valence electrons. The number of amides is 4. The molecule has 1 heterocycles. The number of aldehydes is 1. The van der Waals surface area contributed by atoms with Gasteiger partial charge in [0.15, 0.2) is 0 Å². The maximum Gasteiger partial charge on any atom is 0.233 e. The third-order valence-electron chi connectivity index (χ3n) is 7.48. The molecule has 2 atom stereocenters. The number of likely N-dealkylation sites (tertiary alicyclic amines) is 1. The van der Waals surface area contributed by atoms with E-state index in [2.05, 4.69) is 10.6 Å². The van der Waals surface area contributed by atoms with Gasteiger partial charge in [-0.15, -0.1) is 0 Å². The molecule has 1 aliphatic heterocycles. The van der Waals surface area contributed by atoms with Crippen molar-refractivity contribution in [2.75, 3.05) is 119 Å². The van der Waals surface area contributed by atoms with E-state index in [1.807, 2.05) is 27.7 Å². The normalized spacial score (nSPS) is 15.3. The number of hydrogen-bond donors (Lipinski definition) is 2. The Morgan fingerprint density at radius 1 is 0.660 bits per heavy atom. The Balaban J connectivity index is 1.74. The minimum Gasteiger partial charge on any atom is -0.379 e. The van der Waals surface area contributed by atoms with Crippen LogP contribution < -0.4 is 10.6 Å². The first-order valence-corrected chi connectivity index (χ1v) is 17.6. The number of rotatable bonds is 34. The van der Waals surface area contributed by atoms with E-state index >= 15 is 0 Å². The minimum absolute atomic E-state index is 0.0499. The Bertz CT molecular complexity index is 938. The SMILES string of the molecule is CC(C)C(C=O)NC(=O)CCOCCOCCOCCOCCOCCOCCOCCOCCNC(=O)CCN1C(=O)CC(C(C)C)C1=O. The first-order valence-electron chi connectivity index (χ1n) is 17.6. The summed E-state index contributed by atoms with van der Waals surface area (Å²) >= 11 is 0. The number of carbonyl (C=O) groups excluding carboxylic acids is 5. The molecule has 1 saturated heterocycles. The quantitative estimate of drug-likeness (QED) is 0.0529. The van der Waals surface area contributed by atoms with E-state index in [-0.39, 0.29) is 73.8 Å². The minimum atomic E-state index is -0.474. The molecule has 16 heteroatoms. The molecule has 1 aliphatic rings. The van der Waals surface area contributed by atoms with Gasteiger partial charge < -0.3 is 53.3 Å². The summed E-state index contributed by atoms with van der Waals surface area (Å²) in [6.45, 7) is 14.6. The summed E-state index contributed by atoms with van der Waals surface area (Å²) in [7, 11) is 0. The second-order valence-corrected chi connectivity index (χ2v) is 12.2.